The van der Waals surface area contributed by atoms with Crippen molar-refractivity contribution < 1.29 is 14.5 Å². The molecule has 0 unspecified atom stereocenters. The summed E-state index contributed by atoms with van der Waals surface area (Å²) in [5.74, 6) is -0.195. The third kappa shape index (κ3) is 2.31. The lowest BCUT2D eigenvalue weighted by Crippen LogP contribution is -2.03. The molecule has 0 atom stereocenters. The van der Waals surface area contributed by atoms with E-state index in [-0.39, 0.29) is 29.4 Å². The predicted molar refractivity (Wildman–Crippen MR) is 54.3 cm³/mol. The van der Waals surface area contributed by atoms with Gasteiger partial charge in [-0.2, -0.15) is 0 Å². The van der Waals surface area contributed by atoms with Crippen molar-refractivity contribution in [3.63, 3.8) is 0 Å². The lowest BCUT2D eigenvalue weighted by atomic mass is 10.1. The maximum Gasteiger partial charge on any atom is 0.311 e. The highest BCUT2D eigenvalue weighted by Crippen LogP contribution is 2.31. The molecule has 15 heavy (non-hydrogen) atoms. The second-order valence-corrected chi connectivity index (χ2v) is 2.90. The maximum absolute atomic E-state index is 11.2. The summed E-state index contributed by atoms with van der Waals surface area (Å²) >= 11 is 0. The molecule has 1 aromatic rings. The molecule has 1 aromatic carbocycles. The standard InChI is InChI=1S/C10H11NO4/c1-3-15-10-8(7(2)12)5-4-6-9(10)11(13)14/h4-6H,3H2,1-2H3. The Morgan fingerprint density at radius 3 is 2.67 bits per heavy atom. The normalized spacial score (nSPS) is 9.73. The zero-order chi connectivity index (χ0) is 11.4. The summed E-state index contributed by atoms with van der Waals surface area (Å²) in [6.07, 6.45) is 0. The molecule has 0 amide bonds. The third-order valence-electron chi connectivity index (χ3n) is 1.86. The van der Waals surface area contributed by atoms with Gasteiger partial charge >= 0.3 is 5.69 Å². The minimum Gasteiger partial charge on any atom is -0.487 e. The molecule has 0 radical (unpaired) electrons. The van der Waals surface area contributed by atoms with E-state index in [0.29, 0.717) is 0 Å². The number of hydrogen-bond acceptors (Lipinski definition) is 4. The van der Waals surface area contributed by atoms with Crippen LogP contribution in [0.5, 0.6) is 5.75 Å². The minimum absolute atomic E-state index is 0.0532. The summed E-state index contributed by atoms with van der Waals surface area (Å²) in [5, 5.41) is 10.7. The number of nitrogens with zero attached hydrogens (tertiary/aromatic N) is 1. The van der Waals surface area contributed by atoms with E-state index in [0.717, 1.165) is 0 Å². The zero-order valence-electron chi connectivity index (χ0n) is 8.52. The number of ketones is 1. The fourth-order valence-corrected chi connectivity index (χ4v) is 1.24. The van der Waals surface area contributed by atoms with E-state index >= 15 is 0 Å². The number of carbonyl (C=O) groups excluding carboxylic acids is 1. The van der Waals surface area contributed by atoms with Gasteiger partial charge in [-0.05, 0) is 19.9 Å². The summed E-state index contributed by atoms with van der Waals surface area (Å²) < 4.78 is 5.13. The Balaban J connectivity index is 3.34. The molecule has 0 saturated carbocycles. The summed E-state index contributed by atoms with van der Waals surface area (Å²) in [6.45, 7) is 3.34. The van der Waals surface area contributed by atoms with E-state index in [4.69, 9.17) is 4.74 Å². The van der Waals surface area contributed by atoms with Crippen molar-refractivity contribution in [3.8, 4) is 5.75 Å². The summed E-state index contributed by atoms with van der Waals surface area (Å²) in [4.78, 5) is 21.3. The van der Waals surface area contributed by atoms with E-state index in [1.54, 1.807) is 6.92 Å². The zero-order valence-corrected chi connectivity index (χ0v) is 8.52. The van der Waals surface area contributed by atoms with Gasteiger partial charge in [0.2, 0.25) is 5.75 Å². The molecule has 0 saturated heterocycles. The molecule has 0 aliphatic rings. The van der Waals surface area contributed by atoms with Crippen LogP contribution in [0, 0.1) is 10.1 Å². The van der Waals surface area contributed by atoms with Gasteiger partial charge in [0.05, 0.1) is 17.1 Å². The van der Waals surface area contributed by atoms with Gasteiger partial charge in [0, 0.05) is 6.07 Å². The summed E-state index contributed by atoms with van der Waals surface area (Å²) in [6, 6.07) is 4.30. The van der Waals surface area contributed by atoms with Crippen molar-refractivity contribution in [1.82, 2.24) is 0 Å². The molecule has 0 N–H and O–H groups in total. The molecule has 0 aliphatic heterocycles. The van der Waals surface area contributed by atoms with Gasteiger partial charge in [-0.3, -0.25) is 14.9 Å². The number of carbonyl (C=O) groups is 1. The Bertz CT molecular complexity index is 368. The third-order valence-corrected chi connectivity index (χ3v) is 1.86. The Morgan fingerprint density at radius 1 is 1.53 bits per heavy atom. The van der Waals surface area contributed by atoms with Gasteiger partial charge in [-0.25, -0.2) is 0 Å². The fraction of sp³-hybridized carbons (Fsp3) is 0.300. The smallest absolute Gasteiger partial charge is 0.311 e. The van der Waals surface area contributed by atoms with Crippen LogP contribution < -0.4 is 4.74 Å². The van der Waals surface area contributed by atoms with Gasteiger partial charge in [-0.15, -0.1) is 0 Å². The van der Waals surface area contributed by atoms with Crippen LogP contribution in [0.1, 0.15) is 24.2 Å². The Hall–Kier alpha value is -1.91. The quantitative estimate of drug-likeness (QED) is 0.433. The first-order valence-corrected chi connectivity index (χ1v) is 4.49. The molecule has 5 nitrogen and oxygen atoms in total. The number of Topliss-reactive ketones (excluding diaryl/α,β-unsaturated/α-hetero) is 1. The SMILES string of the molecule is CCOc1c(C(C)=O)cccc1[N+](=O)[O-]. The fourth-order valence-electron chi connectivity index (χ4n) is 1.24. The summed E-state index contributed by atoms with van der Waals surface area (Å²) in [7, 11) is 0. The van der Waals surface area contributed by atoms with Crippen LogP contribution in [0.3, 0.4) is 0 Å². The van der Waals surface area contributed by atoms with Crippen molar-refractivity contribution in [3.05, 3.63) is 33.9 Å². The molecule has 0 heterocycles. The van der Waals surface area contributed by atoms with Crippen molar-refractivity contribution in [2.75, 3.05) is 6.61 Å². The molecular weight excluding hydrogens is 198 g/mol. The number of nitro benzene ring substituents is 1. The van der Waals surface area contributed by atoms with Crippen LogP contribution in [0.25, 0.3) is 0 Å². The highest BCUT2D eigenvalue weighted by molar-refractivity contribution is 5.98. The number of ether oxygens (including phenoxy) is 1. The number of nitro groups is 1. The molecule has 0 aliphatic carbocycles. The molecule has 5 heteroatoms. The van der Waals surface area contributed by atoms with Crippen LogP contribution in [0.15, 0.2) is 18.2 Å². The average molecular weight is 209 g/mol. The van der Waals surface area contributed by atoms with Crippen LogP contribution >= 0.6 is 0 Å². The van der Waals surface area contributed by atoms with E-state index in [1.165, 1.54) is 25.1 Å². The van der Waals surface area contributed by atoms with Crippen molar-refractivity contribution >= 4 is 11.5 Å². The largest absolute Gasteiger partial charge is 0.487 e. The number of para-hydroxylation sites is 1. The van der Waals surface area contributed by atoms with E-state index in [1.807, 2.05) is 0 Å². The molecule has 80 valence electrons. The van der Waals surface area contributed by atoms with Gasteiger partial charge in [0.15, 0.2) is 5.78 Å². The van der Waals surface area contributed by atoms with Crippen molar-refractivity contribution in [2.45, 2.75) is 13.8 Å². The van der Waals surface area contributed by atoms with Gasteiger partial charge < -0.3 is 4.74 Å². The van der Waals surface area contributed by atoms with E-state index in [9.17, 15) is 14.9 Å². The lowest BCUT2D eigenvalue weighted by Gasteiger charge is -2.07. The molecular formula is C10H11NO4. The lowest BCUT2D eigenvalue weighted by molar-refractivity contribution is -0.385. The molecule has 0 spiro atoms. The van der Waals surface area contributed by atoms with Crippen LogP contribution in [-0.4, -0.2) is 17.3 Å². The number of rotatable bonds is 4. The Morgan fingerprint density at radius 2 is 2.20 bits per heavy atom. The molecule has 0 bridgehead atoms. The monoisotopic (exact) mass is 209 g/mol. The topological polar surface area (TPSA) is 69.4 Å². The first-order valence-electron chi connectivity index (χ1n) is 4.49. The van der Waals surface area contributed by atoms with Crippen LogP contribution in [-0.2, 0) is 0 Å². The van der Waals surface area contributed by atoms with E-state index < -0.39 is 4.92 Å². The number of hydrogen-bond donors (Lipinski definition) is 0. The Kier molecular flexibility index (Phi) is 3.38. The van der Waals surface area contributed by atoms with Crippen LogP contribution in [0.4, 0.5) is 5.69 Å². The minimum atomic E-state index is -0.558. The van der Waals surface area contributed by atoms with Gasteiger partial charge in [0.1, 0.15) is 0 Å². The van der Waals surface area contributed by atoms with Gasteiger partial charge in [0.25, 0.3) is 0 Å². The average Bonchev–Trinajstić information content (AvgIpc) is 2.17. The van der Waals surface area contributed by atoms with Crippen molar-refractivity contribution in [1.29, 1.82) is 0 Å². The first kappa shape index (κ1) is 11.2. The second kappa shape index (κ2) is 4.54. The van der Waals surface area contributed by atoms with Crippen molar-refractivity contribution in [2.24, 2.45) is 0 Å². The molecule has 0 aromatic heterocycles. The maximum atomic E-state index is 11.2. The summed E-state index contributed by atoms with van der Waals surface area (Å²) in [5.41, 5.74) is 0.0654. The van der Waals surface area contributed by atoms with E-state index in [2.05, 4.69) is 0 Å². The predicted octanol–water partition coefficient (Wildman–Crippen LogP) is 2.20. The van der Waals surface area contributed by atoms with Crippen LogP contribution in [0.2, 0.25) is 0 Å². The highest BCUT2D eigenvalue weighted by atomic mass is 16.6. The first-order chi connectivity index (χ1) is 7.07. The highest BCUT2D eigenvalue weighted by Gasteiger charge is 2.20. The molecule has 1 rings (SSSR count). The van der Waals surface area contributed by atoms with Gasteiger partial charge in [-0.1, -0.05) is 6.07 Å². The Labute approximate surface area is 86.8 Å². The number of benzene rings is 1. The second-order valence-electron chi connectivity index (χ2n) is 2.90. The molecule has 0 fully saturated rings.